The van der Waals surface area contributed by atoms with Gasteiger partial charge in [0.25, 0.3) is 0 Å². The molecular weight excluding hydrogens is 276 g/mol. The van der Waals surface area contributed by atoms with Crippen LogP contribution < -0.4 is 0 Å². The second kappa shape index (κ2) is 4.83. The van der Waals surface area contributed by atoms with Crippen molar-refractivity contribution < 1.29 is 5.11 Å². The molecule has 21 heavy (non-hydrogen) atoms. The fourth-order valence-corrected chi connectivity index (χ4v) is 6.70. The summed E-state index contributed by atoms with van der Waals surface area (Å²) in [6.07, 6.45) is 6.86. The minimum atomic E-state index is -0.207. The van der Waals surface area contributed by atoms with Gasteiger partial charge in [0.1, 0.15) is 0 Å². The van der Waals surface area contributed by atoms with Gasteiger partial charge in [0, 0.05) is 9.75 Å². The van der Waals surface area contributed by atoms with Crippen molar-refractivity contribution in [2.75, 3.05) is 0 Å². The third-order valence-electron chi connectivity index (χ3n) is 6.32. The molecule has 116 valence electrons. The zero-order chi connectivity index (χ0) is 14.8. The molecule has 1 atom stereocenters. The van der Waals surface area contributed by atoms with Gasteiger partial charge in [0.15, 0.2) is 0 Å². The minimum absolute atomic E-state index is 0.201. The monoisotopic (exact) mass is 304 g/mol. The van der Waals surface area contributed by atoms with Crippen LogP contribution in [0.25, 0.3) is 0 Å². The summed E-state index contributed by atoms with van der Waals surface area (Å²) in [7, 11) is 0. The van der Waals surface area contributed by atoms with Gasteiger partial charge in [-0.15, -0.1) is 11.3 Å². The van der Waals surface area contributed by atoms with Crippen molar-refractivity contribution in [2.45, 2.75) is 64.4 Å². The summed E-state index contributed by atoms with van der Waals surface area (Å²) >= 11 is 1.84. The van der Waals surface area contributed by atoms with Crippen LogP contribution in [-0.2, 0) is 5.41 Å². The summed E-state index contributed by atoms with van der Waals surface area (Å²) in [6, 6.07) is 4.43. The zero-order valence-corrected chi connectivity index (χ0v) is 14.3. The lowest BCUT2D eigenvalue weighted by Crippen LogP contribution is -2.47. The van der Waals surface area contributed by atoms with E-state index in [0.717, 1.165) is 23.7 Å². The van der Waals surface area contributed by atoms with E-state index in [1.807, 2.05) is 11.3 Å². The number of hydrogen-bond donors (Lipinski definition) is 1. The van der Waals surface area contributed by atoms with Crippen LogP contribution in [0.2, 0.25) is 0 Å². The van der Waals surface area contributed by atoms with Crippen LogP contribution in [0.3, 0.4) is 0 Å². The Hall–Kier alpha value is -0.340. The van der Waals surface area contributed by atoms with E-state index in [2.05, 4.69) is 32.9 Å². The molecule has 4 saturated carbocycles. The lowest BCUT2D eigenvalue weighted by Gasteiger charge is -2.55. The quantitative estimate of drug-likeness (QED) is 0.801. The first-order valence-electron chi connectivity index (χ1n) is 8.70. The third kappa shape index (κ3) is 2.39. The number of aliphatic hydroxyl groups is 1. The van der Waals surface area contributed by atoms with Gasteiger partial charge in [-0.1, -0.05) is 20.8 Å². The van der Waals surface area contributed by atoms with Crippen LogP contribution in [0.15, 0.2) is 12.1 Å². The number of rotatable bonds is 2. The van der Waals surface area contributed by atoms with Crippen LogP contribution in [0, 0.1) is 29.6 Å². The van der Waals surface area contributed by atoms with E-state index in [4.69, 9.17) is 0 Å². The lowest BCUT2D eigenvalue weighted by molar-refractivity contribution is -0.0898. The highest BCUT2D eigenvalue weighted by molar-refractivity contribution is 7.12. The summed E-state index contributed by atoms with van der Waals surface area (Å²) in [5.41, 5.74) is 0.201. The average Bonchev–Trinajstić information content (AvgIpc) is 2.86. The molecule has 1 nitrogen and oxygen atoms in total. The van der Waals surface area contributed by atoms with Gasteiger partial charge in [-0.2, -0.15) is 0 Å². The van der Waals surface area contributed by atoms with E-state index < -0.39 is 0 Å². The highest BCUT2D eigenvalue weighted by Gasteiger charge is 2.50. The normalized spacial score (nSPS) is 39.7. The van der Waals surface area contributed by atoms with Crippen LogP contribution in [-0.4, -0.2) is 5.11 Å². The first-order valence-corrected chi connectivity index (χ1v) is 9.51. The molecule has 4 aliphatic rings. The van der Waals surface area contributed by atoms with Crippen molar-refractivity contribution in [1.82, 2.24) is 0 Å². The molecule has 1 unspecified atom stereocenters. The minimum Gasteiger partial charge on any atom is -0.387 e. The van der Waals surface area contributed by atoms with Crippen molar-refractivity contribution >= 4 is 11.3 Å². The summed E-state index contributed by atoms with van der Waals surface area (Å²) in [6.45, 7) is 6.79. The largest absolute Gasteiger partial charge is 0.387 e. The topological polar surface area (TPSA) is 20.2 Å². The molecule has 1 heterocycles. The summed E-state index contributed by atoms with van der Waals surface area (Å²) in [5, 5.41) is 11.0. The predicted molar refractivity (Wildman–Crippen MR) is 88.5 cm³/mol. The van der Waals surface area contributed by atoms with Crippen LogP contribution in [0.5, 0.6) is 0 Å². The summed E-state index contributed by atoms with van der Waals surface area (Å²) < 4.78 is 0. The third-order valence-corrected chi connectivity index (χ3v) is 7.90. The molecule has 0 aromatic carbocycles. The fraction of sp³-hybridized carbons (Fsp3) is 0.789. The summed E-state index contributed by atoms with van der Waals surface area (Å²) in [4.78, 5) is 2.62. The molecule has 0 saturated heterocycles. The molecule has 2 heteroatoms. The van der Waals surface area contributed by atoms with Crippen molar-refractivity contribution in [1.29, 1.82) is 0 Å². The standard InChI is InChI=1S/C19H28OS/c1-19(2,3)16-5-4-15(21-16)18(20)17-13-7-11-6-12(9-13)10-14(17)8-11/h4-5,11-14,17-18,20H,6-10H2,1-3H3. The Bertz CT molecular complexity index is 496. The van der Waals surface area contributed by atoms with Crippen molar-refractivity contribution in [3.05, 3.63) is 21.9 Å². The fourth-order valence-electron chi connectivity index (χ4n) is 5.59. The van der Waals surface area contributed by atoms with E-state index in [-0.39, 0.29) is 11.5 Å². The highest BCUT2D eigenvalue weighted by Crippen LogP contribution is 2.59. The first kappa shape index (κ1) is 14.3. The molecule has 1 aromatic rings. The van der Waals surface area contributed by atoms with Crippen LogP contribution >= 0.6 is 11.3 Å². The van der Waals surface area contributed by atoms with Gasteiger partial charge in [0.05, 0.1) is 6.10 Å². The van der Waals surface area contributed by atoms with Gasteiger partial charge in [-0.3, -0.25) is 0 Å². The SMILES string of the molecule is CC(C)(C)c1ccc(C(O)C2C3CC4CC(C3)CC2C4)s1. The molecule has 5 rings (SSSR count). The van der Waals surface area contributed by atoms with Gasteiger partial charge in [-0.25, -0.2) is 0 Å². The molecule has 4 aliphatic carbocycles. The smallest absolute Gasteiger partial charge is 0.0915 e. The number of hydrogen-bond acceptors (Lipinski definition) is 2. The maximum Gasteiger partial charge on any atom is 0.0915 e. The van der Waals surface area contributed by atoms with Gasteiger partial charge < -0.3 is 5.11 Å². The molecular formula is C19H28OS. The molecule has 0 spiro atoms. The first-order chi connectivity index (χ1) is 9.91. The maximum atomic E-state index is 11.0. The van der Waals surface area contributed by atoms with E-state index in [1.54, 1.807) is 0 Å². The van der Waals surface area contributed by atoms with Gasteiger partial charge in [-0.05, 0) is 79.2 Å². The van der Waals surface area contributed by atoms with Gasteiger partial charge in [0.2, 0.25) is 0 Å². The molecule has 0 amide bonds. The molecule has 1 N–H and O–H groups in total. The van der Waals surface area contributed by atoms with E-state index in [1.165, 1.54) is 41.9 Å². The van der Waals surface area contributed by atoms with Gasteiger partial charge >= 0.3 is 0 Å². The Morgan fingerprint density at radius 2 is 1.57 bits per heavy atom. The Morgan fingerprint density at radius 3 is 2.05 bits per heavy atom. The molecule has 0 radical (unpaired) electrons. The Labute approximate surface area is 132 Å². The molecule has 4 bridgehead atoms. The number of thiophene rings is 1. The van der Waals surface area contributed by atoms with Crippen molar-refractivity contribution in [3.8, 4) is 0 Å². The second-order valence-corrected chi connectivity index (χ2v) is 10.0. The lowest BCUT2D eigenvalue weighted by atomic mass is 9.51. The van der Waals surface area contributed by atoms with Crippen molar-refractivity contribution in [3.63, 3.8) is 0 Å². The molecule has 1 aromatic heterocycles. The van der Waals surface area contributed by atoms with Crippen LogP contribution in [0.1, 0.15) is 68.7 Å². The number of aliphatic hydroxyl groups excluding tert-OH is 1. The van der Waals surface area contributed by atoms with E-state index in [0.29, 0.717) is 5.92 Å². The van der Waals surface area contributed by atoms with E-state index in [9.17, 15) is 5.11 Å². The Balaban J connectivity index is 1.57. The average molecular weight is 304 g/mol. The Morgan fingerprint density at radius 1 is 1.00 bits per heavy atom. The van der Waals surface area contributed by atoms with Crippen LogP contribution in [0.4, 0.5) is 0 Å². The molecule has 4 fully saturated rings. The van der Waals surface area contributed by atoms with Crippen molar-refractivity contribution in [2.24, 2.45) is 29.6 Å². The summed E-state index contributed by atoms with van der Waals surface area (Å²) in [5.74, 6) is 4.13. The molecule has 0 aliphatic heterocycles. The Kier molecular flexibility index (Phi) is 3.28. The predicted octanol–water partition coefficient (Wildman–Crippen LogP) is 5.15. The maximum absolute atomic E-state index is 11.0. The van der Waals surface area contributed by atoms with E-state index >= 15 is 0 Å². The highest BCUT2D eigenvalue weighted by atomic mass is 32.1. The zero-order valence-electron chi connectivity index (χ0n) is 13.5. The second-order valence-electron chi connectivity index (χ2n) is 8.90.